The van der Waals surface area contributed by atoms with E-state index in [1.165, 1.54) is 20.9 Å². The van der Waals surface area contributed by atoms with E-state index in [0.29, 0.717) is 27.5 Å². The van der Waals surface area contributed by atoms with Crippen molar-refractivity contribution in [2.24, 2.45) is 4.99 Å². The van der Waals surface area contributed by atoms with Gasteiger partial charge in [0, 0.05) is 3.57 Å². The Bertz CT molecular complexity index is 1220. The van der Waals surface area contributed by atoms with Crippen LogP contribution in [0, 0.1) is 3.57 Å². The molecule has 168 valence electrons. The number of thioether (sulfide) groups is 1. The lowest BCUT2D eigenvalue weighted by atomic mass is 10.2. The van der Waals surface area contributed by atoms with E-state index in [1.54, 1.807) is 12.1 Å². The quantitative estimate of drug-likeness (QED) is 0.219. The average Bonchev–Trinajstić information content (AvgIpc) is 3.13. The molecule has 0 bridgehead atoms. The fourth-order valence-corrected chi connectivity index (χ4v) is 5.28. The average molecular weight is 654 g/mol. The third-order valence-corrected chi connectivity index (χ3v) is 7.34. The van der Waals surface area contributed by atoms with E-state index in [4.69, 9.17) is 16.3 Å². The number of carbonyl (C=O) groups is 1. The van der Waals surface area contributed by atoms with Crippen molar-refractivity contribution in [2.45, 2.75) is 20.0 Å². The van der Waals surface area contributed by atoms with Gasteiger partial charge in [-0.2, -0.15) is 0 Å². The van der Waals surface area contributed by atoms with Crippen LogP contribution in [0.3, 0.4) is 0 Å². The highest BCUT2D eigenvalue weighted by molar-refractivity contribution is 14.1. The van der Waals surface area contributed by atoms with Crippen LogP contribution in [0.5, 0.6) is 5.75 Å². The van der Waals surface area contributed by atoms with Crippen molar-refractivity contribution >= 4 is 84.7 Å². The zero-order valence-corrected chi connectivity index (χ0v) is 22.9. The van der Waals surface area contributed by atoms with Crippen LogP contribution in [0.2, 0.25) is 5.02 Å². The molecule has 0 aromatic heterocycles. The molecule has 4 rings (SSSR count). The molecule has 1 fully saturated rings. The standard InChI is InChI=1S/C25H19BrClIN2O2S/c1-2-15-5-9-19(10-6-15)29-25-30-24(31)22(33-25)13-17-11-20(26)23(21(27)12-17)32-14-16-3-7-18(28)8-4-16/h3-13H,2,14H2,1H3,(H,29,30,31)/b22-13-. The summed E-state index contributed by atoms with van der Waals surface area (Å²) in [7, 11) is 0. The van der Waals surface area contributed by atoms with Crippen LogP contribution >= 0.6 is 61.9 Å². The summed E-state index contributed by atoms with van der Waals surface area (Å²) < 4.78 is 7.83. The Kier molecular flexibility index (Phi) is 8.16. The number of carbonyl (C=O) groups excluding carboxylic acids is 1. The van der Waals surface area contributed by atoms with E-state index in [0.717, 1.165) is 27.7 Å². The Morgan fingerprint density at radius 3 is 2.48 bits per heavy atom. The van der Waals surface area contributed by atoms with E-state index in [-0.39, 0.29) is 5.91 Å². The number of aryl methyl sites for hydroxylation is 1. The maximum absolute atomic E-state index is 12.4. The molecular weight excluding hydrogens is 635 g/mol. The van der Waals surface area contributed by atoms with E-state index >= 15 is 0 Å². The number of amidine groups is 1. The van der Waals surface area contributed by atoms with Crippen molar-refractivity contribution < 1.29 is 9.53 Å². The van der Waals surface area contributed by atoms with E-state index in [1.807, 2.05) is 54.6 Å². The molecule has 3 aromatic rings. The third kappa shape index (κ3) is 6.41. The monoisotopic (exact) mass is 652 g/mol. The van der Waals surface area contributed by atoms with Crippen LogP contribution in [0.15, 0.2) is 75.0 Å². The topological polar surface area (TPSA) is 50.7 Å². The lowest BCUT2D eigenvalue weighted by Crippen LogP contribution is -2.19. The summed E-state index contributed by atoms with van der Waals surface area (Å²) in [6, 6.07) is 19.8. The summed E-state index contributed by atoms with van der Waals surface area (Å²) in [5.74, 6) is 0.383. The zero-order chi connectivity index (χ0) is 23.4. The van der Waals surface area contributed by atoms with Crippen LogP contribution in [0.25, 0.3) is 6.08 Å². The fourth-order valence-electron chi connectivity index (χ4n) is 3.09. The summed E-state index contributed by atoms with van der Waals surface area (Å²) in [5, 5.41) is 3.84. The largest absolute Gasteiger partial charge is 0.486 e. The van der Waals surface area contributed by atoms with Gasteiger partial charge in [0.15, 0.2) is 10.9 Å². The maximum atomic E-state index is 12.4. The highest BCUT2D eigenvalue weighted by atomic mass is 127. The Balaban J connectivity index is 1.48. The van der Waals surface area contributed by atoms with Gasteiger partial charge in [-0.3, -0.25) is 4.79 Å². The fraction of sp³-hybridized carbons (Fsp3) is 0.120. The molecule has 0 saturated carbocycles. The van der Waals surface area contributed by atoms with E-state index < -0.39 is 0 Å². The minimum atomic E-state index is -0.185. The predicted molar refractivity (Wildman–Crippen MR) is 149 cm³/mol. The molecule has 0 atom stereocenters. The summed E-state index contributed by atoms with van der Waals surface area (Å²) >= 11 is 13.6. The maximum Gasteiger partial charge on any atom is 0.264 e. The highest BCUT2D eigenvalue weighted by Gasteiger charge is 2.24. The smallest absolute Gasteiger partial charge is 0.264 e. The van der Waals surface area contributed by atoms with E-state index in [9.17, 15) is 4.79 Å². The Labute approximate surface area is 224 Å². The Morgan fingerprint density at radius 1 is 1.12 bits per heavy atom. The lowest BCUT2D eigenvalue weighted by molar-refractivity contribution is -0.115. The van der Waals surface area contributed by atoms with Crippen molar-refractivity contribution in [3.63, 3.8) is 0 Å². The summed E-state index contributed by atoms with van der Waals surface area (Å²) in [6.45, 7) is 2.52. The molecule has 0 unspecified atom stereocenters. The van der Waals surface area contributed by atoms with Crippen LogP contribution in [0.1, 0.15) is 23.6 Å². The molecule has 3 aromatic carbocycles. The first-order valence-corrected chi connectivity index (χ1v) is 13.2. The van der Waals surface area contributed by atoms with Gasteiger partial charge in [-0.15, -0.1) is 0 Å². The zero-order valence-electron chi connectivity index (χ0n) is 17.6. The summed E-state index contributed by atoms with van der Waals surface area (Å²) in [5.41, 5.74) is 3.90. The van der Waals surface area contributed by atoms with Crippen LogP contribution in [-0.2, 0) is 17.8 Å². The van der Waals surface area contributed by atoms with Crippen molar-refractivity contribution in [3.05, 3.63) is 95.3 Å². The first-order chi connectivity index (χ1) is 15.9. The molecular formula is C25H19BrClIN2O2S. The predicted octanol–water partition coefficient (Wildman–Crippen LogP) is 7.74. The number of hydrogen-bond acceptors (Lipinski definition) is 4. The van der Waals surface area contributed by atoms with Gasteiger partial charge in [-0.25, -0.2) is 4.99 Å². The summed E-state index contributed by atoms with van der Waals surface area (Å²) in [4.78, 5) is 17.5. The van der Waals surface area contributed by atoms with Gasteiger partial charge in [-0.1, -0.05) is 42.8 Å². The number of halogens is 3. The molecule has 1 amide bonds. The van der Waals surface area contributed by atoms with Gasteiger partial charge in [0.1, 0.15) is 6.61 Å². The van der Waals surface area contributed by atoms with Gasteiger partial charge in [0.25, 0.3) is 5.91 Å². The van der Waals surface area contributed by atoms with Gasteiger partial charge in [0.05, 0.1) is 20.1 Å². The number of amides is 1. The summed E-state index contributed by atoms with van der Waals surface area (Å²) in [6.07, 6.45) is 2.77. The Morgan fingerprint density at radius 2 is 1.82 bits per heavy atom. The van der Waals surface area contributed by atoms with Crippen molar-refractivity contribution in [2.75, 3.05) is 0 Å². The molecule has 33 heavy (non-hydrogen) atoms. The van der Waals surface area contributed by atoms with Crippen molar-refractivity contribution in [1.82, 2.24) is 5.32 Å². The number of benzene rings is 3. The molecule has 1 heterocycles. The second-order valence-corrected chi connectivity index (χ2v) is 10.8. The first kappa shape index (κ1) is 24.3. The number of aliphatic imine (C=N–C) groups is 1. The molecule has 0 spiro atoms. The second-order valence-electron chi connectivity index (χ2n) is 7.23. The van der Waals surface area contributed by atoms with Crippen LogP contribution in [-0.4, -0.2) is 11.1 Å². The molecule has 0 radical (unpaired) electrons. The lowest BCUT2D eigenvalue weighted by Gasteiger charge is -2.11. The Hall–Kier alpha value is -1.81. The number of ether oxygens (including phenoxy) is 1. The van der Waals surface area contributed by atoms with Gasteiger partial charge in [-0.05, 0) is 116 Å². The molecule has 1 aliphatic rings. The van der Waals surface area contributed by atoms with E-state index in [2.05, 4.69) is 55.8 Å². The first-order valence-electron chi connectivity index (χ1n) is 10.2. The number of hydrogen-bond donors (Lipinski definition) is 1. The molecule has 8 heteroatoms. The SMILES string of the molecule is CCc1ccc(N=C2NC(=O)/C(=C/c3cc(Cl)c(OCc4ccc(I)cc4)c(Br)c3)S2)cc1. The van der Waals surface area contributed by atoms with Crippen molar-refractivity contribution in [1.29, 1.82) is 0 Å². The van der Waals surface area contributed by atoms with Gasteiger partial charge >= 0.3 is 0 Å². The second kappa shape index (κ2) is 11.1. The highest BCUT2D eigenvalue weighted by Crippen LogP contribution is 2.37. The number of nitrogens with zero attached hydrogens (tertiary/aromatic N) is 1. The number of rotatable bonds is 6. The van der Waals surface area contributed by atoms with Gasteiger partial charge in [0.2, 0.25) is 0 Å². The molecule has 1 aliphatic heterocycles. The normalized spacial score (nSPS) is 15.8. The minimum Gasteiger partial charge on any atom is -0.486 e. The molecule has 1 saturated heterocycles. The van der Waals surface area contributed by atoms with Gasteiger partial charge < -0.3 is 10.1 Å². The third-order valence-electron chi connectivity index (χ3n) is 4.84. The van der Waals surface area contributed by atoms with Crippen molar-refractivity contribution in [3.8, 4) is 5.75 Å². The molecule has 0 aliphatic carbocycles. The number of nitrogens with one attached hydrogen (secondary N) is 1. The molecule has 1 N–H and O–H groups in total. The molecule has 4 nitrogen and oxygen atoms in total. The van der Waals surface area contributed by atoms with Crippen LogP contribution < -0.4 is 10.1 Å². The minimum absolute atomic E-state index is 0.185. The van der Waals surface area contributed by atoms with Crippen LogP contribution in [0.4, 0.5) is 5.69 Å².